The summed E-state index contributed by atoms with van der Waals surface area (Å²) in [5, 5.41) is 12.7. The first-order valence-corrected chi connectivity index (χ1v) is 15.4. The van der Waals surface area contributed by atoms with Crippen LogP contribution in [-0.4, -0.2) is 45.9 Å². The molecule has 1 aromatic carbocycles. The van der Waals surface area contributed by atoms with Gasteiger partial charge < -0.3 is 49.6 Å². The Morgan fingerprint density at radius 3 is 2.31 bits per heavy atom. The average molecular weight is 728 g/mol. The maximum atomic E-state index is 12.3. The summed E-state index contributed by atoms with van der Waals surface area (Å²) in [5.74, 6) is 4.46. The molecule has 224 valence electrons. The molecule has 1 saturated heterocycles. The van der Waals surface area contributed by atoms with Gasteiger partial charge in [0.2, 0.25) is 0 Å². The standard InChI is InChI=1S/C19H23N4O15P3.4Na/c20-13-6-2-1-5-12(13)18(26)21-7-3-4-11-9-23(19(27)22-17(11)25)16-8-14(24)15(36-16)10-35-40(31,32)38-41(33,34)37-39(28,29)30;;;;/h1-2,5-6,9,14-16,24H,7-8,10,20H2,(H,21,26)(H,31,32)(H,33,34)(H,22,25,27)(H2,28,29,30);;;;/q;4*+1/p-4/t14-,15+,16+;;;;/m0..../s1. The molecule has 1 amide bonds. The van der Waals surface area contributed by atoms with Crippen molar-refractivity contribution in [1.82, 2.24) is 14.9 Å². The summed E-state index contributed by atoms with van der Waals surface area (Å²) in [6, 6.07) is 6.27. The second kappa shape index (κ2) is 20.7. The maximum absolute atomic E-state index is 12.3. The van der Waals surface area contributed by atoms with Gasteiger partial charge in [0.1, 0.15) is 17.9 Å². The first-order chi connectivity index (χ1) is 19.0. The Labute approximate surface area is 343 Å². The number of hydrogen-bond acceptors (Lipinski definition) is 16. The quantitative estimate of drug-likeness (QED) is 0.0764. The van der Waals surface area contributed by atoms with Crippen LogP contribution in [-0.2, 0) is 31.6 Å². The van der Waals surface area contributed by atoms with Crippen LogP contribution in [0.2, 0.25) is 0 Å². The number of amides is 1. The van der Waals surface area contributed by atoms with Gasteiger partial charge in [0.25, 0.3) is 27.1 Å². The number of nitrogens with zero attached hydrogens (tertiary/aromatic N) is 1. The number of para-hydroxylation sites is 1. The molecule has 2 heterocycles. The number of nitrogen functional groups attached to an aromatic ring is 1. The van der Waals surface area contributed by atoms with Crippen molar-refractivity contribution in [2.24, 2.45) is 0 Å². The fourth-order valence-corrected chi connectivity index (χ4v) is 6.20. The van der Waals surface area contributed by atoms with Crippen molar-refractivity contribution >= 4 is 35.1 Å². The number of hydrogen-bond donors (Lipinski definition) is 4. The fraction of sp³-hybridized carbons (Fsp3) is 0.316. The first kappa shape index (κ1) is 48.2. The number of rotatable bonds is 10. The van der Waals surface area contributed by atoms with Crippen LogP contribution in [0.3, 0.4) is 0 Å². The van der Waals surface area contributed by atoms with Crippen molar-refractivity contribution in [3.8, 4) is 11.8 Å². The Morgan fingerprint density at radius 2 is 1.71 bits per heavy atom. The number of carbonyl (C=O) groups excluding carboxylic acids is 1. The zero-order chi connectivity index (χ0) is 30.6. The Morgan fingerprint density at radius 1 is 1.09 bits per heavy atom. The summed E-state index contributed by atoms with van der Waals surface area (Å²) in [5.41, 5.74) is 4.06. The number of phosphoric ester groups is 1. The van der Waals surface area contributed by atoms with Gasteiger partial charge in [0.05, 0.1) is 32.6 Å². The molecular weight excluding hydrogens is 709 g/mol. The minimum Gasteiger partial charge on any atom is -0.790 e. The van der Waals surface area contributed by atoms with E-state index in [0.717, 1.165) is 10.8 Å². The molecule has 26 heteroatoms. The predicted octanol–water partition coefficient (Wildman–Crippen LogP) is -15.6. The minimum atomic E-state index is -6.19. The normalized spacial score (nSPS) is 19.8. The van der Waals surface area contributed by atoms with Gasteiger partial charge in [-0.3, -0.25) is 32.6 Å². The number of aromatic amines is 1. The summed E-state index contributed by atoms with van der Waals surface area (Å²) in [6.07, 6.45) is -3.64. The van der Waals surface area contributed by atoms with E-state index in [1.807, 2.05) is 4.98 Å². The van der Waals surface area contributed by atoms with Crippen LogP contribution >= 0.6 is 23.5 Å². The topological polar surface area (TPSA) is 311 Å². The van der Waals surface area contributed by atoms with E-state index < -0.39 is 65.7 Å². The van der Waals surface area contributed by atoms with Gasteiger partial charge in [0.15, 0.2) is 0 Å². The van der Waals surface area contributed by atoms with Crippen LogP contribution in [0.4, 0.5) is 5.69 Å². The maximum Gasteiger partial charge on any atom is 1.00 e. The molecule has 0 saturated carbocycles. The number of H-pyrrole nitrogens is 1. The molecule has 3 rings (SSSR count). The smallest absolute Gasteiger partial charge is 0.790 e. The first-order valence-electron chi connectivity index (χ1n) is 11.0. The van der Waals surface area contributed by atoms with Gasteiger partial charge >= 0.3 is 124 Å². The third kappa shape index (κ3) is 15.7. The second-order valence-corrected chi connectivity index (χ2v) is 12.3. The number of aliphatic hydroxyl groups excluding tert-OH is 1. The van der Waals surface area contributed by atoms with Gasteiger partial charge in [-0.15, -0.1) is 0 Å². The predicted molar refractivity (Wildman–Crippen MR) is 127 cm³/mol. The summed E-state index contributed by atoms with van der Waals surface area (Å²) < 4.78 is 50.2. The third-order valence-electron chi connectivity index (χ3n) is 5.04. The Kier molecular flexibility index (Phi) is 22.1. The number of nitrogens with one attached hydrogen (secondary N) is 2. The van der Waals surface area contributed by atoms with E-state index in [0.29, 0.717) is 0 Å². The number of benzene rings is 1. The SMILES string of the molecule is Nc1ccccc1C(=O)NCC#Cc1cn([C@H]2C[C@H](O)[C@@H](COP(=O)([O-])OP(=O)([O-])OP(=O)([O-])[O-])O2)c(=O)[nH]c1=O.[Na+].[Na+].[Na+].[Na+]. The summed E-state index contributed by atoms with van der Waals surface area (Å²) in [6.45, 7) is -1.29. The molecule has 5 N–H and O–H groups in total. The van der Waals surface area contributed by atoms with E-state index in [1.165, 1.54) is 12.1 Å². The average Bonchev–Trinajstić information content (AvgIpc) is 3.19. The van der Waals surface area contributed by atoms with E-state index in [1.54, 1.807) is 12.1 Å². The van der Waals surface area contributed by atoms with Crippen molar-refractivity contribution in [1.29, 1.82) is 0 Å². The molecule has 19 nitrogen and oxygen atoms in total. The number of ether oxygens (including phenoxy) is 1. The number of anilines is 1. The molecule has 0 bridgehead atoms. The van der Waals surface area contributed by atoms with Gasteiger partial charge in [-0.05, 0) is 12.1 Å². The second-order valence-electron chi connectivity index (χ2n) is 8.01. The van der Waals surface area contributed by atoms with Gasteiger partial charge in [-0.2, -0.15) is 0 Å². The van der Waals surface area contributed by atoms with E-state index in [9.17, 15) is 52.8 Å². The van der Waals surface area contributed by atoms with Crippen LogP contribution in [0.15, 0.2) is 40.1 Å². The Balaban J connectivity index is 0. The zero-order valence-corrected chi connectivity index (χ0v) is 35.0. The molecule has 45 heavy (non-hydrogen) atoms. The molecule has 0 radical (unpaired) electrons. The van der Waals surface area contributed by atoms with E-state index in [2.05, 4.69) is 30.3 Å². The number of nitrogens with two attached hydrogens (primary N) is 1. The van der Waals surface area contributed by atoms with Crippen LogP contribution < -0.4 is 160 Å². The Hall–Kier alpha value is 1.06. The molecule has 0 aliphatic carbocycles. The van der Waals surface area contributed by atoms with Crippen molar-refractivity contribution in [3.63, 3.8) is 0 Å². The van der Waals surface area contributed by atoms with Crippen molar-refractivity contribution in [3.05, 3.63) is 62.4 Å². The van der Waals surface area contributed by atoms with E-state index in [4.69, 9.17) is 10.5 Å². The number of carbonyl (C=O) groups is 1. The van der Waals surface area contributed by atoms with Crippen molar-refractivity contribution in [2.45, 2.75) is 24.9 Å². The third-order valence-corrected chi connectivity index (χ3v) is 8.71. The number of phosphoric acid groups is 3. The minimum absolute atomic E-state index is 0. The van der Waals surface area contributed by atoms with Crippen LogP contribution in [0.1, 0.15) is 28.6 Å². The molecule has 1 aliphatic heterocycles. The van der Waals surface area contributed by atoms with Crippen LogP contribution in [0.5, 0.6) is 0 Å². The molecule has 1 aliphatic rings. The van der Waals surface area contributed by atoms with Gasteiger partial charge in [-0.1, -0.05) is 24.0 Å². The molecule has 5 atom stereocenters. The van der Waals surface area contributed by atoms with Crippen molar-refractivity contribution in [2.75, 3.05) is 18.9 Å². The van der Waals surface area contributed by atoms with Crippen LogP contribution in [0, 0.1) is 11.8 Å². The Bertz CT molecular complexity index is 1640. The molecule has 1 fully saturated rings. The summed E-state index contributed by atoms with van der Waals surface area (Å²) in [7, 11) is -18.2. The number of aliphatic hydroxyl groups is 1. The monoisotopic (exact) mass is 728 g/mol. The van der Waals surface area contributed by atoms with E-state index >= 15 is 0 Å². The molecule has 1 aromatic heterocycles. The van der Waals surface area contributed by atoms with Crippen molar-refractivity contribution < 1.29 is 179 Å². The molecule has 2 unspecified atom stereocenters. The van der Waals surface area contributed by atoms with Gasteiger partial charge in [-0.25, -0.2) is 9.11 Å². The number of aromatic nitrogens is 2. The summed E-state index contributed by atoms with van der Waals surface area (Å²) in [4.78, 5) is 82.4. The molecule has 2 aromatic rings. The largest absolute Gasteiger partial charge is 1.00 e. The van der Waals surface area contributed by atoms with E-state index in [-0.39, 0.29) is 148 Å². The summed E-state index contributed by atoms with van der Waals surface area (Å²) >= 11 is 0. The molecular formula is C19H19N4Na4O15P3. The molecule has 0 spiro atoms. The zero-order valence-electron chi connectivity index (χ0n) is 24.3. The fourth-order valence-electron chi connectivity index (χ4n) is 3.34. The van der Waals surface area contributed by atoms with Crippen LogP contribution in [0.25, 0.3) is 0 Å². The van der Waals surface area contributed by atoms with Gasteiger partial charge in [0, 0.05) is 18.3 Å².